The van der Waals surface area contributed by atoms with Gasteiger partial charge in [-0.1, -0.05) is 41.9 Å². The van der Waals surface area contributed by atoms with E-state index >= 15 is 0 Å². The zero-order valence-electron chi connectivity index (χ0n) is 10.2. The van der Waals surface area contributed by atoms with Crippen LogP contribution < -0.4 is 0 Å². The molecule has 0 radical (unpaired) electrons. The number of rotatable bonds is 5. The van der Waals surface area contributed by atoms with Crippen LogP contribution in [-0.2, 0) is 6.54 Å². The van der Waals surface area contributed by atoms with E-state index in [1.807, 2.05) is 12.1 Å². The van der Waals surface area contributed by atoms with Crippen molar-refractivity contribution < 1.29 is 5.11 Å². The van der Waals surface area contributed by atoms with E-state index in [1.54, 1.807) is 0 Å². The molecule has 1 aromatic carbocycles. The van der Waals surface area contributed by atoms with Crippen LogP contribution in [0.1, 0.15) is 19.4 Å². The van der Waals surface area contributed by atoms with E-state index in [9.17, 15) is 5.11 Å². The van der Waals surface area contributed by atoms with Crippen molar-refractivity contribution in [2.24, 2.45) is 5.92 Å². The maximum atomic E-state index is 9.34. The predicted molar refractivity (Wildman–Crippen MR) is 71.3 cm³/mol. The van der Waals surface area contributed by atoms with Crippen LogP contribution in [0.25, 0.3) is 0 Å². The maximum Gasteiger partial charge on any atom is 0.0589 e. The molecule has 90 valence electrons. The Bertz CT molecular complexity index is 310. The van der Waals surface area contributed by atoms with Gasteiger partial charge in [-0.05, 0) is 30.7 Å². The molecule has 3 heteroatoms. The average Bonchev–Trinajstić information content (AvgIpc) is 2.22. The third-order valence-electron chi connectivity index (χ3n) is 2.87. The second-order valence-corrected chi connectivity index (χ2v) is 5.45. The van der Waals surface area contributed by atoms with Gasteiger partial charge in [0, 0.05) is 17.1 Å². The second-order valence-electron chi connectivity index (χ2n) is 4.54. The SMILES string of the molecule is CC(C)C(CO)N(C)Cc1ccc(Br)cc1. The van der Waals surface area contributed by atoms with Crippen molar-refractivity contribution in [2.45, 2.75) is 26.4 Å². The first kappa shape index (κ1) is 13.7. The summed E-state index contributed by atoms with van der Waals surface area (Å²) in [5, 5.41) is 9.34. The summed E-state index contributed by atoms with van der Waals surface area (Å²) in [6.45, 7) is 5.36. The summed E-state index contributed by atoms with van der Waals surface area (Å²) in [6.07, 6.45) is 0. The number of nitrogens with zero attached hydrogens (tertiary/aromatic N) is 1. The summed E-state index contributed by atoms with van der Waals surface area (Å²) in [6, 6.07) is 8.53. The molecule has 0 fully saturated rings. The maximum absolute atomic E-state index is 9.34. The van der Waals surface area contributed by atoms with E-state index in [-0.39, 0.29) is 12.6 Å². The molecule has 0 heterocycles. The molecular formula is C13H20BrNO. The van der Waals surface area contributed by atoms with Crippen LogP contribution in [0.3, 0.4) is 0 Å². The fraction of sp³-hybridized carbons (Fsp3) is 0.538. The van der Waals surface area contributed by atoms with Crippen molar-refractivity contribution in [1.29, 1.82) is 0 Å². The van der Waals surface area contributed by atoms with Crippen LogP contribution in [-0.4, -0.2) is 29.7 Å². The number of aliphatic hydroxyl groups excluding tert-OH is 1. The minimum absolute atomic E-state index is 0.213. The molecule has 0 saturated heterocycles. The molecule has 0 bridgehead atoms. The summed E-state index contributed by atoms with van der Waals surface area (Å²) in [5.74, 6) is 0.463. The Labute approximate surface area is 106 Å². The summed E-state index contributed by atoms with van der Waals surface area (Å²) >= 11 is 3.42. The predicted octanol–water partition coefficient (Wildman–Crippen LogP) is 2.90. The molecule has 0 amide bonds. The van der Waals surface area contributed by atoms with Crippen LogP contribution in [0.15, 0.2) is 28.7 Å². The molecule has 0 aliphatic rings. The Morgan fingerprint density at radius 3 is 2.25 bits per heavy atom. The molecular weight excluding hydrogens is 266 g/mol. The number of halogens is 1. The van der Waals surface area contributed by atoms with Crippen molar-refractivity contribution in [3.05, 3.63) is 34.3 Å². The Morgan fingerprint density at radius 1 is 1.25 bits per heavy atom. The van der Waals surface area contributed by atoms with E-state index in [2.05, 4.69) is 53.9 Å². The number of hydrogen-bond donors (Lipinski definition) is 1. The molecule has 1 aromatic rings. The summed E-state index contributed by atoms with van der Waals surface area (Å²) in [4.78, 5) is 2.20. The molecule has 16 heavy (non-hydrogen) atoms. The van der Waals surface area contributed by atoms with E-state index in [0.717, 1.165) is 11.0 Å². The van der Waals surface area contributed by atoms with Crippen LogP contribution in [0, 0.1) is 5.92 Å². The molecule has 0 spiro atoms. The summed E-state index contributed by atoms with van der Waals surface area (Å²) in [7, 11) is 2.06. The summed E-state index contributed by atoms with van der Waals surface area (Å²) in [5.41, 5.74) is 1.27. The van der Waals surface area contributed by atoms with E-state index in [0.29, 0.717) is 5.92 Å². The highest BCUT2D eigenvalue weighted by Gasteiger charge is 2.17. The van der Waals surface area contributed by atoms with E-state index in [1.165, 1.54) is 5.56 Å². The van der Waals surface area contributed by atoms with E-state index < -0.39 is 0 Å². The Hall–Kier alpha value is -0.380. The molecule has 0 saturated carbocycles. The topological polar surface area (TPSA) is 23.5 Å². The van der Waals surface area contributed by atoms with Crippen molar-refractivity contribution in [3.63, 3.8) is 0 Å². The minimum Gasteiger partial charge on any atom is -0.395 e. The highest BCUT2D eigenvalue weighted by atomic mass is 79.9. The first-order valence-electron chi connectivity index (χ1n) is 5.60. The number of likely N-dealkylation sites (N-methyl/N-ethyl adjacent to an activating group) is 1. The van der Waals surface area contributed by atoms with Gasteiger partial charge < -0.3 is 5.11 Å². The minimum atomic E-state index is 0.213. The summed E-state index contributed by atoms with van der Waals surface area (Å²) < 4.78 is 1.10. The standard InChI is InChI=1S/C13H20BrNO/c1-10(2)13(9-16)15(3)8-11-4-6-12(14)7-5-11/h4-7,10,13,16H,8-9H2,1-3H3. The van der Waals surface area contributed by atoms with E-state index in [4.69, 9.17) is 0 Å². The van der Waals surface area contributed by atoms with Crippen molar-refractivity contribution >= 4 is 15.9 Å². The monoisotopic (exact) mass is 285 g/mol. The van der Waals surface area contributed by atoms with Crippen LogP contribution in [0.5, 0.6) is 0 Å². The first-order chi connectivity index (χ1) is 7.54. The fourth-order valence-electron chi connectivity index (χ4n) is 1.85. The second kappa shape index (κ2) is 6.38. The van der Waals surface area contributed by atoms with Gasteiger partial charge in [-0.15, -0.1) is 0 Å². The Kier molecular flexibility index (Phi) is 5.46. The molecule has 0 aliphatic heterocycles. The van der Waals surface area contributed by atoms with Crippen LogP contribution in [0.4, 0.5) is 0 Å². The third-order valence-corrected chi connectivity index (χ3v) is 3.40. The highest BCUT2D eigenvalue weighted by molar-refractivity contribution is 9.10. The van der Waals surface area contributed by atoms with Crippen molar-refractivity contribution in [2.75, 3.05) is 13.7 Å². The molecule has 0 aromatic heterocycles. The molecule has 2 nitrogen and oxygen atoms in total. The Morgan fingerprint density at radius 2 is 1.81 bits per heavy atom. The molecule has 0 aliphatic carbocycles. The van der Waals surface area contributed by atoms with Crippen LogP contribution in [0.2, 0.25) is 0 Å². The zero-order valence-corrected chi connectivity index (χ0v) is 11.7. The van der Waals surface area contributed by atoms with Gasteiger partial charge in [-0.25, -0.2) is 0 Å². The lowest BCUT2D eigenvalue weighted by Crippen LogP contribution is -2.38. The van der Waals surface area contributed by atoms with Gasteiger partial charge in [0.15, 0.2) is 0 Å². The highest BCUT2D eigenvalue weighted by Crippen LogP contribution is 2.15. The third kappa shape index (κ3) is 3.89. The number of aliphatic hydroxyl groups is 1. The van der Waals surface area contributed by atoms with Crippen molar-refractivity contribution in [1.82, 2.24) is 4.90 Å². The van der Waals surface area contributed by atoms with Gasteiger partial charge in [0.1, 0.15) is 0 Å². The lowest BCUT2D eigenvalue weighted by atomic mass is 10.0. The number of hydrogen-bond acceptors (Lipinski definition) is 2. The molecule has 1 atom stereocenters. The quantitative estimate of drug-likeness (QED) is 0.899. The molecule has 1 N–H and O–H groups in total. The first-order valence-corrected chi connectivity index (χ1v) is 6.39. The average molecular weight is 286 g/mol. The lowest BCUT2D eigenvalue weighted by Gasteiger charge is -2.29. The fourth-order valence-corrected chi connectivity index (χ4v) is 2.12. The van der Waals surface area contributed by atoms with Crippen LogP contribution >= 0.6 is 15.9 Å². The normalized spacial score (nSPS) is 13.4. The van der Waals surface area contributed by atoms with Gasteiger partial charge in [0.2, 0.25) is 0 Å². The molecule has 1 rings (SSSR count). The van der Waals surface area contributed by atoms with Gasteiger partial charge in [0.25, 0.3) is 0 Å². The van der Waals surface area contributed by atoms with Gasteiger partial charge in [-0.3, -0.25) is 4.90 Å². The van der Waals surface area contributed by atoms with Gasteiger partial charge in [-0.2, -0.15) is 0 Å². The Balaban J connectivity index is 2.62. The molecule has 1 unspecified atom stereocenters. The van der Waals surface area contributed by atoms with Crippen molar-refractivity contribution in [3.8, 4) is 0 Å². The zero-order chi connectivity index (χ0) is 12.1. The largest absolute Gasteiger partial charge is 0.395 e. The smallest absolute Gasteiger partial charge is 0.0589 e. The van der Waals surface area contributed by atoms with Gasteiger partial charge in [0.05, 0.1) is 6.61 Å². The number of benzene rings is 1. The lowest BCUT2D eigenvalue weighted by molar-refractivity contribution is 0.108. The van der Waals surface area contributed by atoms with Gasteiger partial charge >= 0.3 is 0 Å².